The Morgan fingerprint density at radius 3 is 2.33 bits per heavy atom. The van der Waals surface area contributed by atoms with E-state index in [2.05, 4.69) is 0 Å². The smallest absolute Gasteiger partial charge is 0.233 e. The third-order valence-corrected chi connectivity index (χ3v) is 1.80. The topological polar surface area (TPSA) is 20.3 Å². The average Bonchev–Trinajstić information content (AvgIpc) is 1.98. The van der Waals surface area contributed by atoms with E-state index in [0.29, 0.717) is 0 Å². The molecule has 2 heteroatoms. The van der Waals surface area contributed by atoms with E-state index in [0.717, 1.165) is 5.57 Å². The number of hydrogen-bond donors (Lipinski definition) is 0. The summed E-state index contributed by atoms with van der Waals surface area (Å²) in [4.78, 5) is 12.6. The summed E-state index contributed by atoms with van der Waals surface area (Å²) in [5, 5.41) is 0. The molecular weight excluding hydrogens is 114 g/mol. The van der Waals surface area contributed by atoms with Gasteiger partial charge in [-0.2, -0.15) is 0 Å². The van der Waals surface area contributed by atoms with Gasteiger partial charge in [0.05, 0.1) is 5.92 Å². The van der Waals surface area contributed by atoms with E-state index in [1.54, 1.807) is 11.9 Å². The van der Waals surface area contributed by atoms with Gasteiger partial charge >= 0.3 is 0 Å². The Bertz CT molecular complexity index is 172. The lowest BCUT2D eigenvalue weighted by Crippen LogP contribution is -2.20. The summed E-state index contributed by atoms with van der Waals surface area (Å²) in [6.45, 7) is 3.91. The van der Waals surface area contributed by atoms with Crippen LogP contribution in [-0.4, -0.2) is 17.9 Å². The van der Waals surface area contributed by atoms with Crippen molar-refractivity contribution in [3.63, 3.8) is 0 Å². The highest BCUT2D eigenvalue weighted by Gasteiger charge is 2.23. The minimum atomic E-state index is 0.106. The summed E-state index contributed by atoms with van der Waals surface area (Å²) >= 11 is 0. The molecule has 0 N–H and O–H groups in total. The molecule has 0 aromatic carbocycles. The SMILES string of the molecule is CC1=CN(C)C(=O)C1C. The van der Waals surface area contributed by atoms with Gasteiger partial charge in [-0.05, 0) is 19.4 Å². The lowest BCUT2D eigenvalue weighted by Gasteiger charge is -2.05. The highest BCUT2D eigenvalue weighted by atomic mass is 16.2. The molecular formula is C7H11NO. The normalized spacial score (nSPS) is 27.0. The molecule has 9 heavy (non-hydrogen) atoms. The molecule has 0 radical (unpaired) electrons. The van der Waals surface area contributed by atoms with Crippen LogP contribution in [-0.2, 0) is 4.79 Å². The van der Waals surface area contributed by atoms with Crippen LogP contribution in [0.25, 0.3) is 0 Å². The van der Waals surface area contributed by atoms with Crippen molar-refractivity contribution >= 4 is 5.91 Å². The van der Waals surface area contributed by atoms with Crippen molar-refractivity contribution in [2.75, 3.05) is 7.05 Å². The first-order valence-electron chi connectivity index (χ1n) is 3.08. The van der Waals surface area contributed by atoms with Crippen molar-refractivity contribution in [3.8, 4) is 0 Å². The Balaban J connectivity index is 2.82. The Morgan fingerprint density at radius 1 is 1.67 bits per heavy atom. The lowest BCUT2D eigenvalue weighted by atomic mass is 10.1. The molecule has 1 aliphatic heterocycles. The number of rotatable bonds is 0. The molecule has 0 spiro atoms. The number of carbonyl (C=O) groups is 1. The molecule has 1 unspecified atom stereocenters. The number of amides is 1. The number of nitrogens with zero attached hydrogens (tertiary/aromatic N) is 1. The molecule has 0 aliphatic carbocycles. The fraction of sp³-hybridized carbons (Fsp3) is 0.571. The molecule has 0 aromatic rings. The van der Waals surface area contributed by atoms with Gasteiger partial charge in [-0.15, -0.1) is 0 Å². The first kappa shape index (κ1) is 6.33. The maximum atomic E-state index is 11.0. The highest BCUT2D eigenvalue weighted by molar-refractivity contribution is 5.84. The summed E-state index contributed by atoms with van der Waals surface area (Å²) in [5.74, 6) is 0.308. The Kier molecular flexibility index (Phi) is 1.31. The molecule has 0 saturated heterocycles. The zero-order valence-electron chi connectivity index (χ0n) is 6.01. The zero-order valence-corrected chi connectivity index (χ0v) is 6.01. The van der Waals surface area contributed by atoms with E-state index >= 15 is 0 Å². The van der Waals surface area contributed by atoms with E-state index < -0.39 is 0 Å². The minimum absolute atomic E-state index is 0.106. The molecule has 0 fully saturated rings. The van der Waals surface area contributed by atoms with Crippen LogP contribution in [0.5, 0.6) is 0 Å². The second-order valence-electron chi connectivity index (χ2n) is 2.54. The highest BCUT2D eigenvalue weighted by Crippen LogP contribution is 2.19. The number of carbonyl (C=O) groups excluding carboxylic acids is 1. The van der Waals surface area contributed by atoms with Crippen LogP contribution in [0.2, 0.25) is 0 Å². The molecule has 1 atom stereocenters. The quantitative estimate of drug-likeness (QED) is 0.473. The lowest BCUT2D eigenvalue weighted by molar-refractivity contribution is -0.128. The summed E-state index contributed by atoms with van der Waals surface area (Å²) in [6.07, 6.45) is 1.88. The standard InChI is InChI=1S/C7H11NO/c1-5-4-8(3)7(9)6(5)2/h4,6H,1-3H3. The molecule has 1 rings (SSSR count). The fourth-order valence-corrected chi connectivity index (χ4v) is 0.981. The van der Waals surface area contributed by atoms with Gasteiger partial charge in [0.15, 0.2) is 0 Å². The van der Waals surface area contributed by atoms with Crippen LogP contribution in [0, 0.1) is 5.92 Å². The third kappa shape index (κ3) is 0.846. The summed E-state index contributed by atoms with van der Waals surface area (Å²) in [6, 6.07) is 0. The molecule has 1 aliphatic rings. The molecule has 1 heterocycles. The predicted octanol–water partition coefficient (Wildman–Crippen LogP) is 0.998. The van der Waals surface area contributed by atoms with Crippen LogP contribution >= 0.6 is 0 Å². The molecule has 0 saturated carbocycles. The van der Waals surface area contributed by atoms with Gasteiger partial charge in [-0.25, -0.2) is 0 Å². The zero-order chi connectivity index (χ0) is 7.02. The Morgan fingerprint density at radius 2 is 2.22 bits per heavy atom. The van der Waals surface area contributed by atoms with Crippen molar-refractivity contribution in [1.29, 1.82) is 0 Å². The first-order valence-corrected chi connectivity index (χ1v) is 3.08. The molecule has 0 bridgehead atoms. The average molecular weight is 125 g/mol. The molecule has 1 amide bonds. The predicted molar refractivity (Wildman–Crippen MR) is 35.7 cm³/mol. The van der Waals surface area contributed by atoms with E-state index in [-0.39, 0.29) is 11.8 Å². The van der Waals surface area contributed by atoms with Crippen LogP contribution < -0.4 is 0 Å². The van der Waals surface area contributed by atoms with Gasteiger partial charge in [-0.3, -0.25) is 4.79 Å². The summed E-state index contributed by atoms with van der Waals surface area (Å²) in [5.41, 5.74) is 1.16. The monoisotopic (exact) mass is 125 g/mol. The fourth-order valence-electron chi connectivity index (χ4n) is 0.981. The van der Waals surface area contributed by atoms with Crippen molar-refractivity contribution in [1.82, 2.24) is 4.90 Å². The van der Waals surface area contributed by atoms with Crippen LogP contribution in [0.4, 0.5) is 0 Å². The second-order valence-corrected chi connectivity index (χ2v) is 2.54. The Labute approximate surface area is 55.2 Å². The minimum Gasteiger partial charge on any atom is -0.322 e. The second kappa shape index (κ2) is 1.87. The van der Waals surface area contributed by atoms with Crippen molar-refractivity contribution in [3.05, 3.63) is 11.8 Å². The van der Waals surface area contributed by atoms with Crippen molar-refractivity contribution in [2.45, 2.75) is 13.8 Å². The van der Waals surface area contributed by atoms with Crippen LogP contribution in [0.15, 0.2) is 11.8 Å². The van der Waals surface area contributed by atoms with Crippen LogP contribution in [0.1, 0.15) is 13.8 Å². The number of hydrogen-bond acceptors (Lipinski definition) is 1. The largest absolute Gasteiger partial charge is 0.322 e. The van der Waals surface area contributed by atoms with E-state index in [9.17, 15) is 4.79 Å². The maximum Gasteiger partial charge on any atom is 0.233 e. The Hall–Kier alpha value is -0.790. The summed E-state index contributed by atoms with van der Waals surface area (Å²) < 4.78 is 0. The van der Waals surface area contributed by atoms with Gasteiger partial charge in [0, 0.05) is 13.2 Å². The van der Waals surface area contributed by atoms with Crippen molar-refractivity contribution < 1.29 is 4.79 Å². The maximum absolute atomic E-state index is 11.0. The van der Waals surface area contributed by atoms with E-state index in [1.807, 2.05) is 20.0 Å². The first-order chi connectivity index (χ1) is 4.13. The summed E-state index contributed by atoms with van der Waals surface area (Å²) in [7, 11) is 1.79. The molecule has 50 valence electrons. The van der Waals surface area contributed by atoms with Crippen molar-refractivity contribution in [2.24, 2.45) is 5.92 Å². The van der Waals surface area contributed by atoms with Gasteiger partial charge in [-0.1, -0.05) is 0 Å². The molecule has 2 nitrogen and oxygen atoms in total. The van der Waals surface area contributed by atoms with E-state index in [1.165, 1.54) is 0 Å². The van der Waals surface area contributed by atoms with Crippen LogP contribution in [0.3, 0.4) is 0 Å². The third-order valence-electron chi connectivity index (χ3n) is 1.80. The van der Waals surface area contributed by atoms with Gasteiger partial charge in [0.25, 0.3) is 0 Å². The van der Waals surface area contributed by atoms with Gasteiger partial charge in [0.1, 0.15) is 0 Å². The van der Waals surface area contributed by atoms with Gasteiger partial charge < -0.3 is 4.90 Å². The van der Waals surface area contributed by atoms with Gasteiger partial charge in [0.2, 0.25) is 5.91 Å². The molecule has 0 aromatic heterocycles. The van der Waals surface area contributed by atoms with E-state index in [4.69, 9.17) is 0 Å².